The van der Waals surface area contributed by atoms with Crippen LogP contribution in [0.2, 0.25) is 0 Å². The van der Waals surface area contributed by atoms with Crippen LogP contribution >= 0.6 is 0 Å². The molecule has 0 bridgehead atoms. The van der Waals surface area contributed by atoms with E-state index in [1.165, 1.54) is 4.90 Å². The van der Waals surface area contributed by atoms with Crippen molar-refractivity contribution in [3.05, 3.63) is 65.8 Å². The molecule has 140 valence electrons. The van der Waals surface area contributed by atoms with Crippen LogP contribution in [-0.4, -0.2) is 37.9 Å². The van der Waals surface area contributed by atoms with Crippen molar-refractivity contribution in [1.82, 2.24) is 10.2 Å². The molecular formula is C21H29N3O2. The van der Waals surface area contributed by atoms with Crippen LogP contribution in [-0.2, 0) is 16.1 Å². The predicted molar refractivity (Wildman–Crippen MR) is 108 cm³/mol. The molecule has 5 heteroatoms. The SMILES string of the molecule is C=CC.CNC.CNc1ccc(CN2C(=O)C3=C(CCC=C3)C2=O)cc1. The van der Waals surface area contributed by atoms with Gasteiger partial charge in [-0.25, -0.2) is 0 Å². The quantitative estimate of drug-likeness (QED) is 0.645. The van der Waals surface area contributed by atoms with Gasteiger partial charge in [-0.1, -0.05) is 30.4 Å². The Balaban J connectivity index is 0.000000499. The molecule has 1 aromatic carbocycles. The van der Waals surface area contributed by atoms with Crippen molar-refractivity contribution in [2.24, 2.45) is 0 Å². The molecule has 0 aromatic heterocycles. The highest BCUT2D eigenvalue weighted by Crippen LogP contribution is 2.30. The first-order valence-corrected chi connectivity index (χ1v) is 8.72. The molecule has 0 fully saturated rings. The monoisotopic (exact) mass is 355 g/mol. The van der Waals surface area contributed by atoms with E-state index < -0.39 is 0 Å². The number of nitrogens with one attached hydrogen (secondary N) is 2. The number of amides is 2. The van der Waals surface area contributed by atoms with E-state index in [1.807, 2.05) is 58.4 Å². The van der Waals surface area contributed by atoms with Crippen LogP contribution in [0.1, 0.15) is 25.3 Å². The average molecular weight is 355 g/mol. The molecule has 1 aromatic rings. The van der Waals surface area contributed by atoms with Gasteiger partial charge in [0, 0.05) is 23.9 Å². The fourth-order valence-corrected chi connectivity index (χ4v) is 2.59. The van der Waals surface area contributed by atoms with Gasteiger partial charge in [0.15, 0.2) is 0 Å². The summed E-state index contributed by atoms with van der Waals surface area (Å²) in [6.07, 6.45) is 6.99. The van der Waals surface area contributed by atoms with Crippen molar-refractivity contribution in [3.8, 4) is 0 Å². The number of carbonyl (C=O) groups is 2. The van der Waals surface area contributed by atoms with Crippen LogP contribution in [0.5, 0.6) is 0 Å². The summed E-state index contributed by atoms with van der Waals surface area (Å²) < 4.78 is 0. The largest absolute Gasteiger partial charge is 0.388 e. The molecule has 2 aliphatic rings. The van der Waals surface area contributed by atoms with Gasteiger partial charge < -0.3 is 10.6 Å². The summed E-state index contributed by atoms with van der Waals surface area (Å²) in [6.45, 7) is 5.59. The molecule has 0 saturated carbocycles. The molecule has 2 amide bonds. The molecule has 0 atom stereocenters. The van der Waals surface area contributed by atoms with Crippen molar-refractivity contribution in [2.75, 3.05) is 26.5 Å². The van der Waals surface area contributed by atoms with Crippen molar-refractivity contribution in [3.63, 3.8) is 0 Å². The minimum absolute atomic E-state index is 0.132. The first-order valence-electron chi connectivity index (χ1n) is 8.72. The number of benzene rings is 1. The maximum absolute atomic E-state index is 12.3. The van der Waals surface area contributed by atoms with Gasteiger partial charge in [0.1, 0.15) is 0 Å². The summed E-state index contributed by atoms with van der Waals surface area (Å²) in [4.78, 5) is 25.9. The smallest absolute Gasteiger partial charge is 0.261 e. The number of nitrogens with zero attached hydrogens (tertiary/aromatic N) is 1. The van der Waals surface area contributed by atoms with E-state index in [1.54, 1.807) is 12.2 Å². The molecule has 2 N–H and O–H groups in total. The Labute approximate surface area is 156 Å². The number of imide groups is 1. The van der Waals surface area contributed by atoms with E-state index in [4.69, 9.17) is 0 Å². The summed E-state index contributed by atoms with van der Waals surface area (Å²) in [7, 11) is 5.60. The third kappa shape index (κ3) is 5.43. The lowest BCUT2D eigenvalue weighted by Crippen LogP contribution is -2.31. The number of anilines is 1. The lowest BCUT2D eigenvalue weighted by molar-refractivity contribution is -0.138. The fourth-order valence-electron chi connectivity index (χ4n) is 2.59. The Kier molecular flexibility index (Phi) is 9.09. The van der Waals surface area contributed by atoms with Gasteiger partial charge >= 0.3 is 0 Å². The molecule has 0 unspecified atom stereocenters. The molecule has 5 nitrogen and oxygen atoms in total. The highest BCUT2D eigenvalue weighted by atomic mass is 16.2. The van der Waals surface area contributed by atoms with E-state index in [-0.39, 0.29) is 11.8 Å². The molecule has 26 heavy (non-hydrogen) atoms. The maximum Gasteiger partial charge on any atom is 0.261 e. The van der Waals surface area contributed by atoms with Gasteiger partial charge in [-0.05, 0) is 51.6 Å². The molecule has 0 saturated heterocycles. The average Bonchev–Trinajstić information content (AvgIpc) is 2.89. The Morgan fingerprint density at radius 2 is 1.69 bits per heavy atom. The zero-order valence-electron chi connectivity index (χ0n) is 16.1. The number of allylic oxidation sites excluding steroid dienone is 2. The van der Waals surface area contributed by atoms with E-state index >= 15 is 0 Å². The number of hydrogen-bond acceptors (Lipinski definition) is 4. The maximum atomic E-state index is 12.3. The van der Waals surface area contributed by atoms with E-state index in [0.717, 1.165) is 17.7 Å². The summed E-state index contributed by atoms with van der Waals surface area (Å²) in [5, 5.41) is 5.79. The summed E-state index contributed by atoms with van der Waals surface area (Å²) in [5.74, 6) is -0.300. The molecular weight excluding hydrogens is 326 g/mol. The highest BCUT2D eigenvalue weighted by molar-refractivity contribution is 6.20. The molecule has 1 aliphatic carbocycles. The highest BCUT2D eigenvalue weighted by Gasteiger charge is 2.37. The minimum atomic E-state index is -0.168. The zero-order valence-corrected chi connectivity index (χ0v) is 16.1. The number of hydrogen-bond donors (Lipinski definition) is 2. The summed E-state index contributed by atoms with van der Waals surface area (Å²) >= 11 is 0. The first-order chi connectivity index (χ1) is 12.5. The van der Waals surface area contributed by atoms with E-state index in [9.17, 15) is 9.59 Å². The van der Waals surface area contributed by atoms with Crippen LogP contribution < -0.4 is 10.6 Å². The Morgan fingerprint density at radius 1 is 1.12 bits per heavy atom. The van der Waals surface area contributed by atoms with E-state index in [2.05, 4.69) is 17.2 Å². The van der Waals surface area contributed by atoms with Crippen molar-refractivity contribution < 1.29 is 9.59 Å². The molecule has 3 rings (SSSR count). The van der Waals surface area contributed by atoms with Gasteiger partial charge in [0.25, 0.3) is 11.8 Å². The van der Waals surface area contributed by atoms with Gasteiger partial charge in [0.2, 0.25) is 0 Å². The Bertz CT molecular complexity index is 688. The predicted octanol–water partition coefficient (Wildman–Crippen LogP) is 3.27. The summed E-state index contributed by atoms with van der Waals surface area (Å²) in [5.41, 5.74) is 3.21. The van der Waals surface area contributed by atoms with Crippen molar-refractivity contribution in [1.29, 1.82) is 0 Å². The molecule has 0 spiro atoms. The topological polar surface area (TPSA) is 61.4 Å². The first kappa shape index (κ1) is 21.4. The lowest BCUT2D eigenvalue weighted by Gasteiger charge is -2.15. The van der Waals surface area contributed by atoms with Gasteiger partial charge in [-0.2, -0.15) is 0 Å². The number of carbonyl (C=O) groups excluding carboxylic acids is 2. The minimum Gasteiger partial charge on any atom is -0.388 e. The zero-order chi connectivity index (χ0) is 19.5. The van der Waals surface area contributed by atoms with Crippen molar-refractivity contribution >= 4 is 17.5 Å². The Hall–Kier alpha value is -2.66. The second-order valence-electron chi connectivity index (χ2n) is 5.88. The lowest BCUT2D eigenvalue weighted by atomic mass is 10.00. The normalized spacial score (nSPS) is 14.8. The van der Waals surface area contributed by atoms with Crippen LogP contribution in [0.3, 0.4) is 0 Å². The van der Waals surface area contributed by atoms with Crippen LogP contribution in [0.25, 0.3) is 0 Å². The van der Waals surface area contributed by atoms with Crippen LogP contribution in [0.4, 0.5) is 5.69 Å². The fraction of sp³-hybridized carbons (Fsp3) is 0.333. The van der Waals surface area contributed by atoms with Crippen LogP contribution in [0.15, 0.2) is 60.2 Å². The molecule has 1 heterocycles. The second-order valence-corrected chi connectivity index (χ2v) is 5.88. The Morgan fingerprint density at radius 3 is 2.19 bits per heavy atom. The number of rotatable bonds is 3. The van der Waals surface area contributed by atoms with Crippen molar-refractivity contribution in [2.45, 2.75) is 26.3 Å². The van der Waals surface area contributed by atoms with Gasteiger partial charge in [-0.3, -0.25) is 14.5 Å². The second kappa shape index (κ2) is 11.1. The van der Waals surface area contributed by atoms with Gasteiger partial charge in [-0.15, -0.1) is 6.58 Å². The van der Waals surface area contributed by atoms with Gasteiger partial charge in [0.05, 0.1) is 6.54 Å². The van der Waals surface area contributed by atoms with Crippen LogP contribution in [0, 0.1) is 0 Å². The molecule has 0 radical (unpaired) electrons. The third-order valence-electron chi connectivity index (χ3n) is 3.73. The standard InChI is InChI=1S/C16H16N2O2.C3H6.C2H7N/c1-17-12-8-6-11(7-9-12)10-18-15(19)13-4-2-3-5-14(13)16(18)20;2*1-3-2/h2,4,6-9,17H,3,5,10H2,1H3;3H,1H2,2H3;3H,1-2H3. The molecule has 1 aliphatic heterocycles. The summed E-state index contributed by atoms with van der Waals surface area (Å²) in [6, 6.07) is 7.74. The third-order valence-corrected chi connectivity index (χ3v) is 3.73. The van der Waals surface area contributed by atoms with E-state index in [0.29, 0.717) is 24.1 Å².